The summed E-state index contributed by atoms with van der Waals surface area (Å²) in [5.41, 5.74) is 0.901. The van der Waals surface area contributed by atoms with Crippen molar-refractivity contribution in [2.75, 3.05) is 26.2 Å². The van der Waals surface area contributed by atoms with Crippen molar-refractivity contribution < 1.29 is 23.1 Å². The maximum Gasteiger partial charge on any atom is 0.416 e. The number of pyridine rings is 1. The minimum absolute atomic E-state index is 0.0331. The average molecular weight is 498 g/mol. The molecule has 2 aliphatic heterocycles. The number of benzene rings is 2. The topological polar surface area (TPSA) is 56.7 Å². The second kappa shape index (κ2) is 10.2. The van der Waals surface area contributed by atoms with E-state index >= 15 is 0 Å². The van der Waals surface area contributed by atoms with Crippen LogP contribution in [0, 0.1) is 0 Å². The first kappa shape index (κ1) is 24.7. The third kappa shape index (κ3) is 5.11. The van der Waals surface area contributed by atoms with Crippen molar-refractivity contribution in [3.63, 3.8) is 0 Å². The summed E-state index contributed by atoms with van der Waals surface area (Å²) in [5, 5.41) is 10.5. The van der Waals surface area contributed by atoms with Crippen molar-refractivity contribution in [2.24, 2.45) is 0 Å². The van der Waals surface area contributed by atoms with E-state index in [4.69, 9.17) is 0 Å². The van der Waals surface area contributed by atoms with Crippen molar-refractivity contribution in [1.82, 2.24) is 14.8 Å². The Labute approximate surface area is 208 Å². The van der Waals surface area contributed by atoms with E-state index in [1.54, 1.807) is 0 Å². The van der Waals surface area contributed by atoms with Crippen LogP contribution in [0.25, 0.3) is 22.2 Å². The van der Waals surface area contributed by atoms with Crippen LogP contribution in [0.4, 0.5) is 13.2 Å². The Kier molecular flexibility index (Phi) is 6.99. The van der Waals surface area contributed by atoms with E-state index in [1.807, 2.05) is 30.3 Å². The fraction of sp³-hybridized carbons (Fsp3) is 0.429. The summed E-state index contributed by atoms with van der Waals surface area (Å²) in [6, 6.07) is 12.8. The number of aromatic carboxylic acids is 1. The van der Waals surface area contributed by atoms with Gasteiger partial charge < -0.3 is 10.0 Å². The second-order valence-corrected chi connectivity index (χ2v) is 9.82. The quantitative estimate of drug-likeness (QED) is 0.464. The smallest absolute Gasteiger partial charge is 0.416 e. The molecule has 2 aromatic carbocycles. The molecule has 0 spiro atoms. The molecular formula is C28H30F3N3O2. The van der Waals surface area contributed by atoms with Gasteiger partial charge in [0, 0.05) is 29.1 Å². The second-order valence-electron chi connectivity index (χ2n) is 9.82. The first-order chi connectivity index (χ1) is 17.3. The Bertz CT molecular complexity index is 1230. The molecule has 3 heterocycles. The van der Waals surface area contributed by atoms with Gasteiger partial charge in [0.25, 0.3) is 0 Å². The molecule has 2 fully saturated rings. The van der Waals surface area contributed by atoms with E-state index in [0.717, 1.165) is 51.2 Å². The number of piperidine rings is 2. The van der Waals surface area contributed by atoms with Gasteiger partial charge in [-0.1, -0.05) is 42.8 Å². The monoisotopic (exact) mass is 497 g/mol. The number of carboxylic acid groups (broad SMARTS) is 1. The Morgan fingerprint density at radius 2 is 1.67 bits per heavy atom. The molecule has 0 amide bonds. The molecule has 3 aromatic rings. The fourth-order valence-corrected chi connectivity index (χ4v) is 5.66. The molecule has 1 N–H and O–H groups in total. The summed E-state index contributed by atoms with van der Waals surface area (Å²) >= 11 is 0. The van der Waals surface area contributed by atoms with E-state index < -0.39 is 17.7 Å². The highest BCUT2D eigenvalue weighted by Gasteiger charge is 2.32. The van der Waals surface area contributed by atoms with Gasteiger partial charge in [-0.05, 0) is 64.0 Å². The number of nitrogens with zero attached hydrogens (tertiary/aromatic N) is 3. The van der Waals surface area contributed by atoms with Gasteiger partial charge in [0.15, 0.2) is 0 Å². The first-order valence-electron chi connectivity index (χ1n) is 12.6. The molecule has 190 valence electrons. The van der Waals surface area contributed by atoms with Crippen LogP contribution in [0.1, 0.15) is 53.6 Å². The number of fused-ring (bicyclic) bond motifs is 1. The van der Waals surface area contributed by atoms with Gasteiger partial charge in [0.05, 0.1) is 22.3 Å². The molecular weight excluding hydrogens is 467 g/mol. The molecule has 0 radical (unpaired) electrons. The van der Waals surface area contributed by atoms with Crippen LogP contribution in [-0.4, -0.2) is 58.1 Å². The normalized spacial score (nSPS) is 18.5. The Hall–Kier alpha value is -2.97. The molecule has 0 unspecified atom stereocenters. The predicted molar refractivity (Wildman–Crippen MR) is 133 cm³/mol. The molecule has 8 heteroatoms. The van der Waals surface area contributed by atoms with Gasteiger partial charge in [-0.3, -0.25) is 4.90 Å². The van der Waals surface area contributed by atoms with Gasteiger partial charge in [-0.15, -0.1) is 0 Å². The predicted octanol–water partition coefficient (Wildman–Crippen LogP) is 6.07. The summed E-state index contributed by atoms with van der Waals surface area (Å²) in [6.45, 7) is 4.39. The first-order valence-corrected chi connectivity index (χ1v) is 12.6. The maximum absolute atomic E-state index is 13.4. The highest BCUT2D eigenvalue weighted by Crippen LogP contribution is 2.36. The number of likely N-dealkylation sites (tertiary alicyclic amines) is 2. The number of alkyl halides is 3. The van der Waals surface area contributed by atoms with E-state index in [2.05, 4.69) is 14.8 Å². The summed E-state index contributed by atoms with van der Waals surface area (Å²) in [7, 11) is 0. The molecule has 0 bridgehead atoms. The zero-order chi connectivity index (χ0) is 25.3. The molecule has 36 heavy (non-hydrogen) atoms. The van der Waals surface area contributed by atoms with E-state index in [-0.39, 0.29) is 16.5 Å². The van der Waals surface area contributed by atoms with Crippen molar-refractivity contribution in [1.29, 1.82) is 0 Å². The van der Waals surface area contributed by atoms with Gasteiger partial charge >= 0.3 is 12.1 Å². The summed E-state index contributed by atoms with van der Waals surface area (Å²) < 4.78 is 40.2. The van der Waals surface area contributed by atoms with Gasteiger partial charge in [-0.25, -0.2) is 9.78 Å². The number of hydrogen-bond acceptors (Lipinski definition) is 4. The molecule has 0 saturated carbocycles. The maximum atomic E-state index is 13.4. The van der Waals surface area contributed by atoms with Crippen molar-refractivity contribution in [3.8, 4) is 11.3 Å². The fourth-order valence-electron chi connectivity index (χ4n) is 5.66. The summed E-state index contributed by atoms with van der Waals surface area (Å²) in [5.74, 6) is -1.16. The number of halogens is 3. The lowest BCUT2D eigenvalue weighted by molar-refractivity contribution is -0.137. The van der Waals surface area contributed by atoms with Crippen LogP contribution in [-0.2, 0) is 12.7 Å². The van der Waals surface area contributed by atoms with E-state index in [9.17, 15) is 23.1 Å². The standard InChI is InChI=1S/C28H30F3N3O2/c29-28(30,31)20-9-10-22-24(17-20)32-26(19-7-3-1-4-8-19)23(25(22)27(35)36)18-33-15-11-21(12-16-33)34-13-5-2-6-14-34/h1,3-4,7-10,17,21H,2,5-6,11-16,18H2,(H,35,36). The molecule has 0 atom stereocenters. The highest BCUT2D eigenvalue weighted by molar-refractivity contribution is 6.05. The van der Waals surface area contributed by atoms with Gasteiger partial charge in [0.2, 0.25) is 0 Å². The zero-order valence-electron chi connectivity index (χ0n) is 20.1. The lowest BCUT2D eigenvalue weighted by Gasteiger charge is -2.40. The van der Waals surface area contributed by atoms with Crippen LogP contribution in [0.2, 0.25) is 0 Å². The third-order valence-electron chi connectivity index (χ3n) is 7.52. The van der Waals surface area contributed by atoms with Crippen molar-refractivity contribution >= 4 is 16.9 Å². The molecule has 5 nitrogen and oxygen atoms in total. The van der Waals surface area contributed by atoms with Crippen molar-refractivity contribution in [2.45, 2.75) is 50.9 Å². The van der Waals surface area contributed by atoms with E-state index in [1.165, 1.54) is 25.3 Å². The molecule has 2 aliphatic rings. The number of carbonyl (C=O) groups is 1. The SMILES string of the molecule is O=C(O)c1c(CN2CCC(N3CCCCC3)CC2)c(-c2ccccc2)nc2cc(C(F)(F)F)ccc12. The summed E-state index contributed by atoms with van der Waals surface area (Å²) in [4.78, 5) is 22.0. The molecule has 0 aliphatic carbocycles. The average Bonchev–Trinajstić information content (AvgIpc) is 2.88. The van der Waals surface area contributed by atoms with Crippen LogP contribution in [0.5, 0.6) is 0 Å². The third-order valence-corrected chi connectivity index (χ3v) is 7.52. The number of aromatic nitrogens is 1. The Morgan fingerprint density at radius 3 is 2.31 bits per heavy atom. The largest absolute Gasteiger partial charge is 0.478 e. The van der Waals surface area contributed by atoms with Crippen LogP contribution >= 0.6 is 0 Å². The highest BCUT2D eigenvalue weighted by atomic mass is 19.4. The lowest BCUT2D eigenvalue weighted by Crippen LogP contribution is -2.46. The van der Waals surface area contributed by atoms with E-state index in [0.29, 0.717) is 29.4 Å². The van der Waals surface area contributed by atoms with Crippen LogP contribution in [0.3, 0.4) is 0 Å². The zero-order valence-corrected chi connectivity index (χ0v) is 20.1. The minimum atomic E-state index is -4.54. The van der Waals surface area contributed by atoms with Crippen molar-refractivity contribution in [3.05, 3.63) is 65.2 Å². The van der Waals surface area contributed by atoms with Gasteiger partial charge in [-0.2, -0.15) is 13.2 Å². The molecule has 1 aromatic heterocycles. The van der Waals surface area contributed by atoms with Crippen LogP contribution in [0.15, 0.2) is 48.5 Å². The van der Waals surface area contributed by atoms with Crippen LogP contribution < -0.4 is 0 Å². The number of hydrogen-bond donors (Lipinski definition) is 1. The Morgan fingerprint density at radius 1 is 0.972 bits per heavy atom. The van der Waals surface area contributed by atoms with Gasteiger partial charge in [0.1, 0.15) is 0 Å². The lowest BCUT2D eigenvalue weighted by atomic mass is 9.94. The number of rotatable bonds is 5. The number of carboxylic acids is 1. The Balaban J connectivity index is 1.53. The minimum Gasteiger partial charge on any atom is -0.478 e. The molecule has 2 saturated heterocycles. The molecule has 5 rings (SSSR count). The summed E-state index contributed by atoms with van der Waals surface area (Å²) in [6.07, 6.45) is 1.32.